The Labute approximate surface area is 113 Å². The van der Waals surface area contributed by atoms with Crippen LogP contribution < -0.4 is 16.0 Å². The summed E-state index contributed by atoms with van der Waals surface area (Å²) in [5.41, 5.74) is 2.07. The van der Waals surface area contributed by atoms with Crippen LogP contribution in [0.25, 0.3) is 0 Å². The first kappa shape index (κ1) is 15.0. The summed E-state index contributed by atoms with van der Waals surface area (Å²) >= 11 is 0. The summed E-state index contributed by atoms with van der Waals surface area (Å²) in [5.74, 6) is 0.0136. The van der Waals surface area contributed by atoms with Gasteiger partial charge in [-0.2, -0.15) is 0 Å². The molecule has 0 saturated heterocycles. The smallest absolute Gasteiger partial charge is 0.321 e. The Morgan fingerprint density at radius 2 is 1.89 bits per heavy atom. The van der Waals surface area contributed by atoms with Crippen molar-refractivity contribution in [2.75, 3.05) is 18.4 Å². The Morgan fingerprint density at radius 1 is 1.21 bits per heavy atom. The number of carbonyl (C=O) groups excluding carboxylic acids is 2. The van der Waals surface area contributed by atoms with Crippen LogP contribution >= 0.6 is 0 Å². The van der Waals surface area contributed by atoms with E-state index < -0.39 is 6.03 Å². The van der Waals surface area contributed by atoms with Crippen LogP contribution in [0.5, 0.6) is 0 Å². The average Bonchev–Trinajstić information content (AvgIpc) is 2.36. The zero-order chi connectivity index (χ0) is 14.3. The molecule has 0 heterocycles. The van der Waals surface area contributed by atoms with Gasteiger partial charge in [0, 0.05) is 12.2 Å². The summed E-state index contributed by atoms with van der Waals surface area (Å²) in [6, 6.07) is 7.36. The van der Waals surface area contributed by atoms with Gasteiger partial charge in [0.2, 0.25) is 5.91 Å². The van der Waals surface area contributed by atoms with E-state index in [0.717, 1.165) is 11.3 Å². The van der Waals surface area contributed by atoms with Crippen molar-refractivity contribution in [2.45, 2.75) is 26.7 Å². The first-order valence-corrected chi connectivity index (χ1v) is 6.45. The van der Waals surface area contributed by atoms with Crippen molar-refractivity contribution in [3.8, 4) is 0 Å². The van der Waals surface area contributed by atoms with Gasteiger partial charge in [-0.25, -0.2) is 4.79 Å². The molecule has 0 unspecified atom stereocenters. The Morgan fingerprint density at radius 3 is 2.53 bits per heavy atom. The SMILES string of the molecule is CCNC(=O)NC(=O)CNc1ccccc1C(C)C. The number of benzene rings is 1. The second kappa shape index (κ2) is 7.41. The minimum absolute atomic E-state index is 0.0703. The monoisotopic (exact) mass is 263 g/mol. The first-order valence-electron chi connectivity index (χ1n) is 6.45. The van der Waals surface area contributed by atoms with Gasteiger partial charge in [-0.3, -0.25) is 10.1 Å². The normalized spacial score (nSPS) is 10.1. The second-order valence-corrected chi connectivity index (χ2v) is 4.50. The molecule has 3 amide bonds. The van der Waals surface area contributed by atoms with Crippen molar-refractivity contribution in [2.24, 2.45) is 0 Å². The average molecular weight is 263 g/mol. The van der Waals surface area contributed by atoms with Gasteiger partial charge in [0.05, 0.1) is 6.54 Å². The van der Waals surface area contributed by atoms with Crippen molar-refractivity contribution in [1.29, 1.82) is 0 Å². The highest BCUT2D eigenvalue weighted by molar-refractivity contribution is 5.96. The molecule has 1 aromatic rings. The molecule has 0 aliphatic rings. The molecule has 1 aromatic carbocycles. The van der Waals surface area contributed by atoms with Crippen LogP contribution in [0.1, 0.15) is 32.3 Å². The van der Waals surface area contributed by atoms with E-state index in [1.54, 1.807) is 6.92 Å². The molecular weight excluding hydrogens is 242 g/mol. The Kier molecular flexibility index (Phi) is 5.85. The van der Waals surface area contributed by atoms with E-state index in [9.17, 15) is 9.59 Å². The van der Waals surface area contributed by atoms with E-state index >= 15 is 0 Å². The Hall–Kier alpha value is -2.04. The largest absolute Gasteiger partial charge is 0.376 e. The van der Waals surface area contributed by atoms with Crippen LogP contribution in [0.4, 0.5) is 10.5 Å². The maximum Gasteiger partial charge on any atom is 0.321 e. The van der Waals surface area contributed by atoms with E-state index in [4.69, 9.17) is 0 Å². The minimum atomic E-state index is -0.466. The predicted molar refractivity (Wildman–Crippen MR) is 76.2 cm³/mol. The molecule has 5 nitrogen and oxygen atoms in total. The lowest BCUT2D eigenvalue weighted by molar-refractivity contribution is -0.118. The maximum atomic E-state index is 11.5. The van der Waals surface area contributed by atoms with Crippen LogP contribution in [0, 0.1) is 0 Å². The van der Waals surface area contributed by atoms with E-state index in [0.29, 0.717) is 12.5 Å². The van der Waals surface area contributed by atoms with Crippen molar-refractivity contribution >= 4 is 17.6 Å². The van der Waals surface area contributed by atoms with Crippen LogP contribution in [-0.2, 0) is 4.79 Å². The molecule has 0 bridgehead atoms. The van der Waals surface area contributed by atoms with Gasteiger partial charge in [-0.15, -0.1) is 0 Å². The fraction of sp³-hybridized carbons (Fsp3) is 0.429. The number of urea groups is 1. The molecule has 0 aromatic heterocycles. The molecule has 5 heteroatoms. The highest BCUT2D eigenvalue weighted by Gasteiger charge is 2.09. The van der Waals surface area contributed by atoms with E-state index in [1.807, 2.05) is 24.3 Å². The second-order valence-electron chi connectivity index (χ2n) is 4.50. The molecule has 19 heavy (non-hydrogen) atoms. The maximum absolute atomic E-state index is 11.5. The first-order chi connectivity index (χ1) is 9.04. The number of rotatable bonds is 5. The van der Waals surface area contributed by atoms with Gasteiger partial charge in [-0.1, -0.05) is 32.0 Å². The number of carbonyl (C=O) groups is 2. The van der Waals surface area contributed by atoms with Crippen LogP contribution in [0.2, 0.25) is 0 Å². The Bertz CT molecular complexity index is 444. The van der Waals surface area contributed by atoms with Gasteiger partial charge < -0.3 is 10.6 Å². The van der Waals surface area contributed by atoms with Gasteiger partial charge in [-0.05, 0) is 24.5 Å². The predicted octanol–water partition coefficient (Wildman–Crippen LogP) is 2.07. The molecule has 0 aliphatic carbocycles. The van der Waals surface area contributed by atoms with Crippen molar-refractivity contribution in [3.63, 3.8) is 0 Å². The van der Waals surface area contributed by atoms with E-state index in [1.165, 1.54) is 0 Å². The Balaban J connectivity index is 2.53. The third kappa shape index (κ3) is 4.99. The standard InChI is InChI=1S/C14H21N3O2/c1-4-15-14(19)17-13(18)9-16-12-8-6-5-7-11(12)10(2)3/h5-8,10,16H,4,9H2,1-3H3,(H2,15,17,18,19). The van der Waals surface area contributed by atoms with Crippen LogP contribution in [-0.4, -0.2) is 25.0 Å². The zero-order valence-electron chi connectivity index (χ0n) is 11.6. The topological polar surface area (TPSA) is 70.2 Å². The number of para-hydroxylation sites is 1. The number of hydrogen-bond acceptors (Lipinski definition) is 3. The molecule has 1 rings (SSSR count). The number of hydrogen-bond donors (Lipinski definition) is 3. The van der Waals surface area contributed by atoms with E-state index in [-0.39, 0.29) is 12.5 Å². The van der Waals surface area contributed by atoms with Crippen LogP contribution in [0.15, 0.2) is 24.3 Å². The minimum Gasteiger partial charge on any atom is -0.376 e. The molecule has 0 fully saturated rings. The quantitative estimate of drug-likeness (QED) is 0.761. The summed E-state index contributed by atoms with van der Waals surface area (Å²) in [5, 5.41) is 7.80. The summed E-state index contributed by atoms with van der Waals surface area (Å²) in [4.78, 5) is 22.7. The number of amides is 3. The number of nitrogens with one attached hydrogen (secondary N) is 3. The highest BCUT2D eigenvalue weighted by atomic mass is 16.2. The van der Waals surface area contributed by atoms with Gasteiger partial charge in [0.25, 0.3) is 0 Å². The molecular formula is C14H21N3O2. The molecule has 0 aliphatic heterocycles. The van der Waals surface area contributed by atoms with Crippen LogP contribution in [0.3, 0.4) is 0 Å². The summed E-state index contributed by atoms with van der Waals surface area (Å²) in [7, 11) is 0. The highest BCUT2D eigenvalue weighted by Crippen LogP contribution is 2.23. The zero-order valence-corrected chi connectivity index (χ0v) is 11.6. The fourth-order valence-corrected chi connectivity index (χ4v) is 1.71. The van der Waals surface area contributed by atoms with Crippen molar-refractivity contribution in [3.05, 3.63) is 29.8 Å². The summed E-state index contributed by atoms with van der Waals surface area (Å²) < 4.78 is 0. The third-order valence-electron chi connectivity index (χ3n) is 2.61. The molecule has 3 N–H and O–H groups in total. The molecule has 0 atom stereocenters. The lowest BCUT2D eigenvalue weighted by atomic mass is 10.0. The number of anilines is 1. The number of imide groups is 1. The van der Waals surface area contributed by atoms with Gasteiger partial charge >= 0.3 is 6.03 Å². The molecule has 0 saturated carbocycles. The molecule has 0 radical (unpaired) electrons. The third-order valence-corrected chi connectivity index (χ3v) is 2.61. The van der Waals surface area contributed by atoms with E-state index in [2.05, 4.69) is 29.8 Å². The lowest BCUT2D eigenvalue weighted by Gasteiger charge is -2.14. The molecule has 104 valence electrons. The van der Waals surface area contributed by atoms with Gasteiger partial charge in [0.15, 0.2) is 0 Å². The summed E-state index contributed by atoms with van der Waals surface area (Å²) in [6.45, 7) is 6.54. The fourth-order valence-electron chi connectivity index (χ4n) is 1.71. The van der Waals surface area contributed by atoms with Gasteiger partial charge in [0.1, 0.15) is 0 Å². The summed E-state index contributed by atoms with van der Waals surface area (Å²) in [6.07, 6.45) is 0. The lowest BCUT2D eigenvalue weighted by Crippen LogP contribution is -2.41. The van der Waals surface area contributed by atoms with Crippen molar-refractivity contribution in [1.82, 2.24) is 10.6 Å². The van der Waals surface area contributed by atoms with Crippen molar-refractivity contribution < 1.29 is 9.59 Å². The molecule has 0 spiro atoms.